The van der Waals surface area contributed by atoms with Gasteiger partial charge in [0.15, 0.2) is 0 Å². The molecule has 2 aromatic carbocycles. The quantitative estimate of drug-likeness (QED) is 0.814. The van der Waals surface area contributed by atoms with E-state index in [0.29, 0.717) is 11.1 Å². The van der Waals surface area contributed by atoms with Crippen molar-refractivity contribution in [3.63, 3.8) is 0 Å². The Bertz CT molecular complexity index is 888. The van der Waals surface area contributed by atoms with Crippen LogP contribution in [-0.2, 0) is 22.1 Å². The molecule has 0 radical (unpaired) electrons. The lowest BCUT2D eigenvalue weighted by molar-refractivity contribution is -0.142. The normalized spacial score (nSPS) is 12.0. The van der Waals surface area contributed by atoms with Gasteiger partial charge in [-0.05, 0) is 29.8 Å². The molecule has 1 amide bonds. The summed E-state index contributed by atoms with van der Waals surface area (Å²) in [7, 11) is 1.11. The Morgan fingerprint density at radius 2 is 1.89 bits per heavy atom. The lowest BCUT2D eigenvalue weighted by Crippen LogP contribution is -2.43. The van der Waals surface area contributed by atoms with Crippen LogP contribution in [0.5, 0.6) is 0 Å². The fourth-order valence-electron chi connectivity index (χ4n) is 2.50. The molecule has 0 saturated heterocycles. The van der Waals surface area contributed by atoms with Gasteiger partial charge in [0.05, 0.1) is 29.9 Å². The van der Waals surface area contributed by atoms with Crippen LogP contribution in [0.1, 0.15) is 27.0 Å². The van der Waals surface area contributed by atoms with Crippen molar-refractivity contribution in [2.24, 2.45) is 0 Å². The second kappa shape index (κ2) is 8.36. The number of benzene rings is 2. The number of alkyl halides is 3. The van der Waals surface area contributed by atoms with Crippen LogP contribution in [0.25, 0.3) is 0 Å². The van der Waals surface area contributed by atoms with Crippen molar-refractivity contribution in [1.82, 2.24) is 5.32 Å². The molecule has 0 aliphatic carbocycles. The second-order valence-electron chi connectivity index (χ2n) is 5.61. The van der Waals surface area contributed by atoms with Crippen molar-refractivity contribution >= 4 is 11.9 Å². The molecule has 0 spiro atoms. The van der Waals surface area contributed by atoms with Gasteiger partial charge in [-0.3, -0.25) is 4.79 Å². The first-order chi connectivity index (χ1) is 12.8. The van der Waals surface area contributed by atoms with Crippen LogP contribution in [0.4, 0.5) is 13.2 Å². The molecule has 0 heterocycles. The van der Waals surface area contributed by atoms with Gasteiger partial charge in [0.25, 0.3) is 5.91 Å². The summed E-state index contributed by atoms with van der Waals surface area (Å²) in [6, 6.07) is 11.3. The van der Waals surface area contributed by atoms with E-state index in [9.17, 15) is 22.8 Å². The number of carbonyl (C=O) groups excluding carboxylic acids is 2. The predicted octanol–water partition coefficient (Wildman–Crippen LogP) is 3.09. The molecule has 2 rings (SSSR count). The molecule has 1 atom stereocenters. The number of hydrogen-bond acceptors (Lipinski definition) is 4. The van der Waals surface area contributed by atoms with Crippen LogP contribution in [0.15, 0.2) is 48.5 Å². The highest BCUT2D eigenvalue weighted by Crippen LogP contribution is 2.31. The number of nitriles is 1. The Morgan fingerprint density at radius 3 is 2.52 bits per heavy atom. The predicted molar refractivity (Wildman–Crippen MR) is 89.6 cm³/mol. The Morgan fingerprint density at radius 1 is 1.19 bits per heavy atom. The molecule has 0 saturated carbocycles. The number of hydrogen-bond donors (Lipinski definition) is 1. The van der Waals surface area contributed by atoms with Crippen molar-refractivity contribution in [2.75, 3.05) is 7.11 Å². The monoisotopic (exact) mass is 376 g/mol. The van der Waals surface area contributed by atoms with Crippen molar-refractivity contribution < 1.29 is 27.5 Å². The number of nitrogens with zero attached hydrogens (tertiary/aromatic N) is 1. The van der Waals surface area contributed by atoms with Crippen molar-refractivity contribution in [2.45, 2.75) is 18.6 Å². The van der Waals surface area contributed by atoms with E-state index < -0.39 is 35.2 Å². The van der Waals surface area contributed by atoms with Gasteiger partial charge < -0.3 is 10.1 Å². The van der Waals surface area contributed by atoms with E-state index >= 15 is 0 Å². The van der Waals surface area contributed by atoms with Crippen LogP contribution in [0.3, 0.4) is 0 Å². The summed E-state index contributed by atoms with van der Waals surface area (Å²) in [6.45, 7) is 0. The molecular formula is C19H15F3N2O3. The summed E-state index contributed by atoms with van der Waals surface area (Å²) in [5, 5.41) is 11.2. The number of carbonyl (C=O) groups is 2. The Hall–Kier alpha value is -3.34. The number of halogens is 3. The Balaban J connectivity index is 2.28. The molecule has 5 nitrogen and oxygen atoms in total. The van der Waals surface area contributed by atoms with Crippen LogP contribution >= 0.6 is 0 Å². The first-order valence-electron chi connectivity index (χ1n) is 7.80. The highest BCUT2D eigenvalue weighted by Gasteiger charge is 2.35. The van der Waals surface area contributed by atoms with Gasteiger partial charge in [-0.2, -0.15) is 18.4 Å². The molecule has 8 heteroatoms. The molecule has 27 heavy (non-hydrogen) atoms. The van der Waals surface area contributed by atoms with Crippen LogP contribution in [-0.4, -0.2) is 25.0 Å². The fourth-order valence-corrected chi connectivity index (χ4v) is 2.50. The van der Waals surface area contributed by atoms with Gasteiger partial charge in [-0.1, -0.05) is 24.3 Å². The van der Waals surface area contributed by atoms with E-state index in [1.165, 1.54) is 18.2 Å². The number of nitrogens with one attached hydrogen (secondary N) is 1. The van der Waals surface area contributed by atoms with E-state index in [2.05, 4.69) is 10.1 Å². The molecule has 0 bridgehead atoms. The minimum atomic E-state index is -4.71. The lowest BCUT2D eigenvalue weighted by Gasteiger charge is -2.18. The minimum Gasteiger partial charge on any atom is -0.467 e. The zero-order chi connectivity index (χ0) is 20.0. The number of methoxy groups -OCH3 is 1. The molecule has 0 aliphatic heterocycles. The average Bonchev–Trinajstić information content (AvgIpc) is 2.66. The highest BCUT2D eigenvalue weighted by molar-refractivity contribution is 5.98. The standard InChI is InChI=1S/C19H15F3N2O3/c1-27-18(26)16(10-12-5-4-6-13(9-12)11-23)24-17(25)14-7-2-3-8-15(14)19(20,21)22/h2-9,16H,10H2,1H3,(H,24,25)/t16-/m0/s1. The van der Waals surface area contributed by atoms with Crippen molar-refractivity contribution in [3.05, 3.63) is 70.8 Å². The summed E-state index contributed by atoms with van der Waals surface area (Å²) >= 11 is 0. The molecule has 140 valence electrons. The molecule has 1 N–H and O–H groups in total. The third kappa shape index (κ3) is 5.07. The summed E-state index contributed by atoms with van der Waals surface area (Å²) in [4.78, 5) is 24.4. The third-order valence-corrected chi connectivity index (χ3v) is 3.76. The fraction of sp³-hybridized carbons (Fsp3) is 0.211. The molecule has 0 unspecified atom stereocenters. The van der Waals surface area contributed by atoms with Crippen LogP contribution < -0.4 is 5.32 Å². The first kappa shape index (κ1) is 20.0. The average molecular weight is 376 g/mol. The molecule has 0 aliphatic rings. The van der Waals surface area contributed by atoms with E-state index in [1.807, 2.05) is 6.07 Å². The smallest absolute Gasteiger partial charge is 0.417 e. The Kier molecular flexibility index (Phi) is 6.19. The van der Waals surface area contributed by atoms with Crippen LogP contribution in [0, 0.1) is 11.3 Å². The van der Waals surface area contributed by atoms with Gasteiger partial charge in [0.1, 0.15) is 6.04 Å². The first-order valence-corrected chi connectivity index (χ1v) is 7.80. The van der Waals surface area contributed by atoms with Crippen LogP contribution in [0.2, 0.25) is 0 Å². The molecule has 0 fully saturated rings. The van der Waals surface area contributed by atoms with E-state index in [-0.39, 0.29) is 6.42 Å². The molecular weight excluding hydrogens is 361 g/mol. The zero-order valence-electron chi connectivity index (χ0n) is 14.2. The number of ether oxygens (including phenoxy) is 1. The Labute approximate surface area is 153 Å². The summed E-state index contributed by atoms with van der Waals surface area (Å²) < 4.78 is 43.9. The summed E-state index contributed by atoms with van der Waals surface area (Å²) in [6.07, 6.45) is -4.75. The third-order valence-electron chi connectivity index (χ3n) is 3.76. The maximum absolute atomic E-state index is 13.1. The van der Waals surface area contributed by atoms with Gasteiger partial charge in [-0.25, -0.2) is 4.79 Å². The van der Waals surface area contributed by atoms with Gasteiger partial charge in [0.2, 0.25) is 0 Å². The van der Waals surface area contributed by atoms with Gasteiger partial charge in [0, 0.05) is 6.42 Å². The number of rotatable bonds is 5. The van der Waals surface area contributed by atoms with Crippen molar-refractivity contribution in [1.29, 1.82) is 5.26 Å². The SMILES string of the molecule is COC(=O)[C@H](Cc1cccc(C#N)c1)NC(=O)c1ccccc1C(F)(F)F. The van der Waals surface area contributed by atoms with Gasteiger partial charge in [-0.15, -0.1) is 0 Å². The maximum atomic E-state index is 13.1. The lowest BCUT2D eigenvalue weighted by atomic mass is 10.0. The minimum absolute atomic E-state index is 0.0396. The van der Waals surface area contributed by atoms with E-state index in [4.69, 9.17) is 5.26 Å². The molecule has 2 aromatic rings. The van der Waals surface area contributed by atoms with Crippen molar-refractivity contribution in [3.8, 4) is 6.07 Å². The maximum Gasteiger partial charge on any atom is 0.417 e. The topological polar surface area (TPSA) is 79.2 Å². The number of esters is 1. The van der Waals surface area contributed by atoms with E-state index in [0.717, 1.165) is 19.2 Å². The summed E-state index contributed by atoms with van der Waals surface area (Å²) in [5.41, 5.74) is -0.791. The highest BCUT2D eigenvalue weighted by atomic mass is 19.4. The second-order valence-corrected chi connectivity index (χ2v) is 5.61. The van der Waals surface area contributed by atoms with E-state index in [1.54, 1.807) is 18.2 Å². The largest absolute Gasteiger partial charge is 0.467 e. The van der Waals surface area contributed by atoms with Gasteiger partial charge >= 0.3 is 12.1 Å². The number of amides is 1. The zero-order valence-corrected chi connectivity index (χ0v) is 14.2. The molecule has 0 aromatic heterocycles. The summed E-state index contributed by atoms with van der Waals surface area (Å²) in [5.74, 6) is -1.86.